The minimum absolute atomic E-state index is 0. The average molecular weight is 508 g/mol. The number of nitrogens with one attached hydrogen (secondary N) is 1. The van der Waals surface area contributed by atoms with Crippen LogP contribution in [0.4, 0.5) is 0 Å². The number of hydrogen-bond acceptors (Lipinski definition) is 4. The lowest BCUT2D eigenvalue weighted by Crippen LogP contribution is -2.60. The van der Waals surface area contributed by atoms with Crippen LogP contribution in [-0.2, 0) is 6.42 Å². The molecule has 176 valence electrons. The number of piperazine rings is 1. The van der Waals surface area contributed by atoms with E-state index < -0.39 is 0 Å². The van der Waals surface area contributed by atoms with Crippen molar-refractivity contribution in [3.8, 4) is 11.5 Å². The first-order valence-corrected chi connectivity index (χ1v) is 11.2. The Balaban J connectivity index is 0.00000153. The Morgan fingerprint density at radius 2 is 1.64 bits per heavy atom. The van der Waals surface area contributed by atoms with Crippen molar-refractivity contribution in [3.05, 3.63) is 94.5 Å². The van der Waals surface area contributed by atoms with Crippen molar-refractivity contribution < 1.29 is 9.47 Å². The van der Waals surface area contributed by atoms with Crippen LogP contribution in [0.15, 0.2) is 72.8 Å². The van der Waals surface area contributed by atoms with Crippen LogP contribution in [0.25, 0.3) is 0 Å². The molecule has 5 rings (SSSR count). The second kappa shape index (κ2) is 11.0. The van der Waals surface area contributed by atoms with Gasteiger partial charge in [-0.1, -0.05) is 60.1 Å². The highest BCUT2D eigenvalue weighted by Crippen LogP contribution is 2.35. The van der Waals surface area contributed by atoms with E-state index >= 15 is 0 Å². The van der Waals surface area contributed by atoms with Crippen LogP contribution >= 0.6 is 36.4 Å². The molecule has 7 heteroatoms. The SMILES string of the molecule is CC1(Cc2ccc3c(c2)OCO3)CN(C(c2ccccc2)c2ccc(Cl)cc2)CCN1.Cl.Cl. The van der Waals surface area contributed by atoms with E-state index in [0.717, 1.165) is 42.6 Å². The van der Waals surface area contributed by atoms with Crippen LogP contribution in [0.2, 0.25) is 5.02 Å². The number of nitrogens with zero attached hydrogens (tertiary/aromatic N) is 1. The molecular weight excluding hydrogens is 479 g/mol. The Labute approximate surface area is 213 Å². The van der Waals surface area contributed by atoms with E-state index in [1.807, 2.05) is 18.2 Å². The molecule has 2 aliphatic rings. The van der Waals surface area contributed by atoms with Gasteiger partial charge in [-0.15, -0.1) is 24.8 Å². The van der Waals surface area contributed by atoms with E-state index in [-0.39, 0.29) is 36.4 Å². The molecule has 2 atom stereocenters. The zero-order valence-electron chi connectivity index (χ0n) is 18.5. The van der Waals surface area contributed by atoms with Gasteiger partial charge in [0.15, 0.2) is 11.5 Å². The third-order valence-electron chi connectivity index (χ3n) is 6.20. The van der Waals surface area contributed by atoms with Crippen LogP contribution in [0.5, 0.6) is 11.5 Å². The van der Waals surface area contributed by atoms with E-state index in [4.69, 9.17) is 21.1 Å². The predicted molar refractivity (Wildman–Crippen MR) is 138 cm³/mol. The summed E-state index contributed by atoms with van der Waals surface area (Å²) in [6, 6.07) is 25.5. The van der Waals surface area contributed by atoms with E-state index in [0.29, 0.717) is 6.79 Å². The average Bonchev–Trinajstić information content (AvgIpc) is 3.24. The molecule has 0 spiro atoms. The van der Waals surface area contributed by atoms with Gasteiger partial charge in [0.25, 0.3) is 0 Å². The van der Waals surface area contributed by atoms with Gasteiger partial charge >= 0.3 is 0 Å². The lowest BCUT2D eigenvalue weighted by molar-refractivity contribution is 0.115. The normalized spacial score (nSPS) is 20.4. The number of ether oxygens (including phenoxy) is 2. The Morgan fingerprint density at radius 1 is 0.939 bits per heavy atom. The molecule has 1 N–H and O–H groups in total. The quantitative estimate of drug-likeness (QED) is 0.466. The second-order valence-electron chi connectivity index (χ2n) is 8.69. The second-order valence-corrected chi connectivity index (χ2v) is 9.12. The standard InChI is InChI=1S/C26H27ClN2O2.2ClH/c1-26(16-19-7-12-23-24(15-19)31-18-30-23)17-29(14-13-28-26)25(20-5-3-2-4-6-20)21-8-10-22(27)11-9-21;;/h2-12,15,25,28H,13-14,16-18H2,1H3;2*1H. The van der Waals surface area contributed by atoms with Gasteiger partial charge in [0.1, 0.15) is 0 Å². The number of benzene rings is 3. The van der Waals surface area contributed by atoms with Crippen LogP contribution in [0, 0.1) is 0 Å². The summed E-state index contributed by atoms with van der Waals surface area (Å²) >= 11 is 6.18. The predicted octanol–water partition coefficient (Wildman–Crippen LogP) is 5.91. The van der Waals surface area contributed by atoms with E-state index in [9.17, 15) is 0 Å². The van der Waals surface area contributed by atoms with E-state index in [1.54, 1.807) is 0 Å². The minimum atomic E-state index is -0.0502. The van der Waals surface area contributed by atoms with Crippen molar-refractivity contribution in [3.63, 3.8) is 0 Å². The van der Waals surface area contributed by atoms with Crippen LogP contribution in [-0.4, -0.2) is 36.9 Å². The van der Waals surface area contributed by atoms with Gasteiger partial charge in [-0.05, 0) is 54.3 Å². The zero-order valence-corrected chi connectivity index (χ0v) is 20.9. The number of hydrogen-bond donors (Lipinski definition) is 1. The first-order valence-electron chi connectivity index (χ1n) is 10.8. The summed E-state index contributed by atoms with van der Waals surface area (Å²) in [5.74, 6) is 1.68. The van der Waals surface area contributed by atoms with Crippen LogP contribution < -0.4 is 14.8 Å². The van der Waals surface area contributed by atoms with Crippen molar-refractivity contribution in [2.45, 2.75) is 24.9 Å². The number of rotatable bonds is 5. The largest absolute Gasteiger partial charge is 0.454 e. The fourth-order valence-electron chi connectivity index (χ4n) is 4.82. The van der Waals surface area contributed by atoms with Gasteiger partial charge in [0.2, 0.25) is 6.79 Å². The first-order chi connectivity index (χ1) is 15.1. The molecule has 3 aromatic carbocycles. The molecule has 0 bridgehead atoms. The van der Waals surface area contributed by atoms with Gasteiger partial charge in [-0.2, -0.15) is 0 Å². The summed E-state index contributed by atoms with van der Waals surface area (Å²) in [6.45, 7) is 5.48. The highest BCUT2D eigenvalue weighted by Gasteiger charge is 2.35. The molecule has 2 heterocycles. The molecule has 33 heavy (non-hydrogen) atoms. The maximum atomic E-state index is 6.18. The minimum Gasteiger partial charge on any atom is -0.454 e. The van der Waals surface area contributed by atoms with Crippen molar-refractivity contribution in [1.82, 2.24) is 10.2 Å². The third-order valence-corrected chi connectivity index (χ3v) is 6.45. The van der Waals surface area contributed by atoms with Gasteiger partial charge in [0, 0.05) is 30.2 Å². The lowest BCUT2D eigenvalue weighted by Gasteiger charge is -2.45. The zero-order chi connectivity index (χ0) is 21.3. The van der Waals surface area contributed by atoms with Gasteiger partial charge in [-0.3, -0.25) is 4.90 Å². The molecule has 0 aliphatic carbocycles. The molecule has 3 aromatic rings. The summed E-state index contributed by atoms with van der Waals surface area (Å²) in [4.78, 5) is 2.59. The summed E-state index contributed by atoms with van der Waals surface area (Å²) in [7, 11) is 0. The highest BCUT2D eigenvalue weighted by molar-refractivity contribution is 6.30. The maximum absolute atomic E-state index is 6.18. The molecule has 0 amide bonds. The third kappa shape index (κ3) is 5.76. The maximum Gasteiger partial charge on any atom is 0.231 e. The highest BCUT2D eigenvalue weighted by atomic mass is 35.5. The molecule has 2 aliphatic heterocycles. The molecule has 1 saturated heterocycles. The molecule has 4 nitrogen and oxygen atoms in total. The summed E-state index contributed by atoms with van der Waals surface area (Å²) in [5.41, 5.74) is 3.77. The summed E-state index contributed by atoms with van der Waals surface area (Å²) < 4.78 is 11.0. The van der Waals surface area contributed by atoms with E-state index in [1.165, 1.54) is 16.7 Å². The Morgan fingerprint density at radius 3 is 2.39 bits per heavy atom. The lowest BCUT2D eigenvalue weighted by atomic mass is 9.88. The molecular formula is C26H29Cl3N2O2. The smallest absolute Gasteiger partial charge is 0.231 e. The van der Waals surface area contributed by atoms with Crippen LogP contribution in [0.3, 0.4) is 0 Å². The fraction of sp³-hybridized carbons (Fsp3) is 0.308. The van der Waals surface area contributed by atoms with Crippen molar-refractivity contribution >= 4 is 36.4 Å². The molecule has 0 saturated carbocycles. The molecule has 0 radical (unpaired) electrons. The van der Waals surface area contributed by atoms with E-state index in [2.05, 4.69) is 71.7 Å². The Hall–Kier alpha value is -1.95. The molecule has 0 aromatic heterocycles. The number of halogens is 3. The summed E-state index contributed by atoms with van der Waals surface area (Å²) in [5, 5.41) is 4.54. The molecule has 1 fully saturated rings. The van der Waals surface area contributed by atoms with Crippen LogP contribution in [0.1, 0.15) is 29.7 Å². The van der Waals surface area contributed by atoms with Gasteiger partial charge in [-0.25, -0.2) is 0 Å². The summed E-state index contributed by atoms with van der Waals surface area (Å²) in [6.07, 6.45) is 0.919. The first kappa shape index (κ1) is 25.7. The Kier molecular flexibility index (Phi) is 8.54. The van der Waals surface area contributed by atoms with Gasteiger partial charge < -0.3 is 14.8 Å². The van der Waals surface area contributed by atoms with Crippen molar-refractivity contribution in [1.29, 1.82) is 0 Å². The Bertz CT molecular complexity index is 1050. The van der Waals surface area contributed by atoms with Gasteiger partial charge in [0.05, 0.1) is 6.04 Å². The number of fused-ring (bicyclic) bond motifs is 1. The van der Waals surface area contributed by atoms with Crippen molar-refractivity contribution in [2.75, 3.05) is 26.4 Å². The topological polar surface area (TPSA) is 33.7 Å². The van der Waals surface area contributed by atoms with Crippen molar-refractivity contribution in [2.24, 2.45) is 0 Å². The monoisotopic (exact) mass is 506 g/mol. The molecule has 2 unspecified atom stereocenters. The fourth-order valence-corrected chi connectivity index (χ4v) is 4.95.